The smallest absolute Gasteiger partial charge is 0.167 e. The molecule has 0 aliphatic carbocycles. The lowest BCUT2D eigenvalue weighted by atomic mass is 9.94. The van der Waals surface area contributed by atoms with E-state index in [2.05, 4.69) is 182 Å². The van der Waals surface area contributed by atoms with Crippen LogP contribution in [0.1, 0.15) is 0 Å². The van der Waals surface area contributed by atoms with E-state index in [1.54, 1.807) is 0 Å². The minimum absolute atomic E-state index is 0.560. The summed E-state index contributed by atoms with van der Waals surface area (Å²) in [6.07, 6.45) is 0. The predicted molar refractivity (Wildman–Crippen MR) is 227 cm³/mol. The number of para-hydroxylation sites is 1. The van der Waals surface area contributed by atoms with Gasteiger partial charge in [0.1, 0.15) is 11.2 Å². The van der Waals surface area contributed by atoms with Crippen molar-refractivity contribution in [1.82, 2.24) is 15.0 Å². The molecule has 0 radical (unpaired) electrons. The zero-order chi connectivity index (χ0) is 36.3. The van der Waals surface area contributed by atoms with Crippen LogP contribution < -0.4 is 0 Å². The average molecular weight is 702 g/mol. The fraction of sp³-hybridized carbons (Fsp3) is 0. The number of hydrogen-bond acceptors (Lipinski definition) is 4. The molecule has 4 nitrogen and oxygen atoms in total. The van der Waals surface area contributed by atoms with E-state index < -0.39 is 0 Å². The Morgan fingerprint density at radius 1 is 0.291 bits per heavy atom. The first kappa shape index (κ1) is 31.1. The largest absolute Gasteiger partial charge is 0.455 e. The van der Waals surface area contributed by atoms with E-state index in [-0.39, 0.29) is 0 Å². The highest BCUT2D eigenvalue weighted by Gasteiger charge is 2.21. The number of furan rings is 1. The van der Waals surface area contributed by atoms with Crippen molar-refractivity contribution in [3.8, 4) is 56.4 Å². The maximum atomic E-state index is 7.05. The van der Waals surface area contributed by atoms with Crippen molar-refractivity contribution in [2.24, 2.45) is 0 Å². The van der Waals surface area contributed by atoms with Crippen molar-refractivity contribution in [3.63, 3.8) is 0 Å². The van der Waals surface area contributed by atoms with Gasteiger partial charge in [-0.25, -0.2) is 15.0 Å². The van der Waals surface area contributed by atoms with Gasteiger partial charge >= 0.3 is 0 Å². The molecule has 9 aromatic carbocycles. The number of aromatic nitrogens is 3. The number of benzene rings is 9. The van der Waals surface area contributed by atoms with Crippen LogP contribution in [0.25, 0.3) is 111 Å². The highest BCUT2D eigenvalue weighted by Crippen LogP contribution is 2.44. The van der Waals surface area contributed by atoms with Gasteiger partial charge in [0.15, 0.2) is 17.5 Å². The van der Waals surface area contributed by atoms with Crippen LogP contribution in [0.4, 0.5) is 0 Å². The summed E-state index contributed by atoms with van der Waals surface area (Å²) in [6, 6.07) is 65.8. The molecule has 0 bridgehead atoms. The van der Waals surface area contributed by atoms with Gasteiger partial charge in [-0.2, -0.15) is 0 Å². The summed E-state index contributed by atoms with van der Waals surface area (Å²) in [5.74, 6) is 1.78. The van der Waals surface area contributed by atoms with Gasteiger partial charge in [0, 0.05) is 27.5 Å². The van der Waals surface area contributed by atoms with E-state index >= 15 is 0 Å². The minimum atomic E-state index is 0.560. The van der Waals surface area contributed by atoms with Crippen molar-refractivity contribution in [2.45, 2.75) is 0 Å². The Labute approximate surface area is 317 Å². The van der Waals surface area contributed by atoms with Crippen molar-refractivity contribution in [3.05, 3.63) is 188 Å². The van der Waals surface area contributed by atoms with Gasteiger partial charge in [0.05, 0.1) is 5.56 Å². The van der Waals surface area contributed by atoms with E-state index in [1.807, 2.05) is 6.07 Å². The Hall–Kier alpha value is -7.43. The molecule has 2 heterocycles. The van der Waals surface area contributed by atoms with Crippen molar-refractivity contribution < 1.29 is 4.42 Å². The SMILES string of the molecule is c1ccc(-c2ccc(-c3c4ccccc4cc4c3oc3c(-c5nc(-c6ccc7ccccc7c6)nc(-c6ccc7ccccc7c6)n5)cccc34)cc2)cc1. The van der Waals surface area contributed by atoms with Crippen LogP contribution in [0.2, 0.25) is 0 Å². The van der Waals surface area contributed by atoms with E-state index in [1.165, 1.54) is 21.9 Å². The molecule has 0 saturated carbocycles. The topological polar surface area (TPSA) is 51.8 Å². The second kappa shape index (κ2) is 12.6. The van der Waals surface area contributed by atoms with Crippen LogP contribution in [0, 0.1) is 0 Å². The van der Waals surface area contributed by atoms with Crippen LogP contribution in [0.5, 0.6) is 0 Å². The molecule has 0 aliphatic rings. The molecular formula is C51H31N3O. The summed E-state index contributed by atoms with van der Waals surface area (Å²) in [7, 11) is 0. The maximum absolute atomic E-state index is 7.05. The first-order valence-corrected chi connectivity index (χ1v) is 18.5. The zero-order valence-electron chi connectivity index (χ0n) is 29.6. The van der Waals surface area contributed by atoms with Crippen LogP contribution in [0.3, 0.4) is 0 Å². The Morgan fingerprint density at radius 2 is 0.800 bits per heavy atom. The summed E-state index contributed by atoms with van der Waals surface area (Å²) in [6.45, 7) is 0. The molecule has 0 saturated heterocycles. The third-order valence-electron chi connectivity index (χ3n) is 10.7. The summed E-state index contributed by atoms with van der Waals surface area (Å²) >= 11 is 0. The van der Waals surface area contributed by atoms with Crippen LogP contribution in [-0.4, -0.2) is 15.0 Å². The van der Waals surface area contributed by atoms with Crippen LogP contribution in [-0.2, 0) is 0 Å². The first-order valence-electron chi connectivity index (χ1n) is 18.5. The Balaban J connectivity index is 1.14. The van der Waals surface area contributed by atoms with Crippen molar-refractivity contribution in [2.75, 3.05) is 0 Å². The highest BCUT2D eigenvalue weighted by molar-refractivity contribution is 6.19. The second-order valence-electron chi connectivity index (χ2n) is 14.0. The zero-order valence-corrected chi connectivity index (χ0v) is 29.6. The predicted octanol–water partition coefficient (Wildman–Crippen LogP) is 13.6. The van der Waals surface area contributed by atoms with E-state index in [4.69, 9.17) is 19.4 Å². The summed E-state index contributed by atoms with van der Waals surface area (Å²) in [4.78, 5) is 15.5. The van der Waals surface area contributed by atoms with Crippen LogP contribution >= 0.6 is 0 Å². The van der Waals surface area contributed by atoms with E-state index in [0.29, 0.717) is 17.5 Å². The van der Waals surface area contributed by atoms with Gasteiger partial charge in [0.2, 0.25) is 0 Å². The molecule has 4 heteroatoms. The fourth-order valence-corrected chi connectivity index (χ4v) is 7.93. The van der Waals surface area contributed by atoms with Gasteiger partial charge in [-0.05, 0) is 73.3 Å². The second-order valence-corrected chi connectivity index (χ2v) is 14.0. The van der Waals surface area contributed by atoms with Gasteiger partial charge in [-0.3, -0.25) is 0 Å². The molecule has 0 atom stereocenters. The average Bonchev–Trinajstić information content (AvgIpc) is 3.63. The summed E-state index contributed by atoms with van der Waals surface area (Å²) < 4.78 is 7.05. The molecule has 2 aromatic heterocycles. The monoisotopic (exact) mass is 701 g/mol. The molecular weight excluding hydrogens is 671 g/mol. The molecule has 0 unspecified atom stereocenters. The quantitative estimate of drug-likeness (QED) is 0.179. The normalized spacial score (nSPS) is 11.6. The molecule has 55 heavy (non-hydrogen) atoms. The third kappa shape index (κ3) is 5.34. The Bertz CT molecular complexity index is 3160. The molecule has 0 fully saturated rings. The van der Waals surface area contributed by atoms with Crippen molar-refractivity contribution >= 4 is 54.3 Å². The van der Waals surface area contributed by atoms with E-state index in [0.717, 1.165) is 71.3 Å². The third-order valence-corrected chi connectivity index (χ3v) is 10.7. The van der Waals surface area contributed by atoms with Crippen molar-refractivity contribution in [1.29, 1.82) is 0 Å². The number of hydrogen-bond donors (Lipinski definition) is 0. The Kier molecular flexibility index (Phi) is 7.14. The summed E-state index contributed by atoms with van der Waals surface area (Å²) in [5.41, 5.74) is 8.78. The van der Waals surface area contributed by atoms with Gasteiger partial charge in [-0.15, -0.1) is 0 Å². The number of rotatable bonds is 5. The minimum Gasteiger partial charge on any atom is -0.455 e. The lowest BCUT2D eigenvalue weighted by Crippen LogP contribution is -2.00. The maximum Gasteiger partial charge on any atom is 0.167 e. The molecule has 0 N–H and O–H groups in total. The van der Waals surface area contributed by atoms with Gasteiger partial charge < -0.3 is 4.42 Å². The molecule has 11 rings (SSSR count). The van der Waals surface area contributed by atoms with Gasteiger partial charge in [-0.1, -0.05) is 164 Å². The standard InChI is InChI=1S/C51H31N3O/c1-2-11-32(12-3-1)35-21-25-36(26-22-35)46-42-18-9-8-17-39(42)31-45-43-19-10-20-44(47(43)55-48(45)46)51-53-49(40-27-23-33-13-4-6-15-37(33)29-40)52-50(54-51)41-28-24-34-14-5-7-16-38(34)30-41/h1-31H. The highest BCUT2D eigenvalue weighted by atomic mass is 16.3. The molecule has 256 valence electrons. The molecule has 0 amide bonds. The lowest BCUT2D eigenvalue weighted by Gasteiger charge is -2.10. The lowest BCUT2D eigenvalue weighted by molar-refractivity contribution is 0.671. The van der Waals surface area contributed by atoms with Crippen LogP contribution in [0.15, 0.2) is 192 Å². The molecule has 11 aromatic rings. The number of nitrogens with zero attached hydrogens (tertiary/aromatic N) is 3. The van der Waals surface area contributed by atoms with E-state index in [9.17, 15) is 0 Å². The number of fused-ring (bicyclic) bond motifs is 6. The summed E-state index contributed by atoms with van der Waals surface area (Å²) in [5, 5.41) is 8.95. The molecule has 0 aliphatic heterocycles. The fourth-order valence-electron chi connectivity index (χ4n) is 7.93. The first-order chi connectivity index (χ1) is 27.2. The van der Waals surface area contributed by atoms with Gasteiger partial charge in [0.25, 0.3) is 0 Å². The molecule has 0 spiro atoms. The Morgan fingerprint density at radius 3 is 1.47 bits per heavy atom.